The molecule has 136 valence electrons. The van der Waals surface area contributed by atoms with Crippen LogP contribution in [0.5, 0.6) is 0 Å². The van der Waals surface area contributed by atoms with Gasteiger partial charge in [-0.2, -0.15) is 0 Å². The fraction of sp³-hybridized carbons (Fsp3) is 0.0500. The van der Waals surface area contributed by atoms with Crippen molar-refractivity contribution in [2.75, 3.05) is 5.32 Å². The number of pyridine rings is 1. The second-order valence-corrected chi connectivity index (χ2v) is 6.61. The Hall–Kier alpha value is -2.89. The monoisotopic (exact) mass is 400 g/mol. The van der Waals surface area contributed by atoms with E-state index >= 15 is 0 Å². The molecule has 0 atom stereocenters. The lowest BCUT2D eigenvalue weighted by molar-refractivity contribution is 0.0692. The number of carboxylic acid groups (broad SMARTS) is 1. The first-order chi connectivity index (χ1) is 12.9. The standard InChI is InChI=1S/C20H14Cl2N2O3/c21-17-10-15(16(20(26)27)11-18(17)22)19(25)24-14-3-1-12(2-4-14)9-13-5-7-23-8-6-13/h1-8,10-11H,9H2,(H,24,25)(H,26,27). The van der Waals surface area contributed by atoms with Crippen molar-refractivity contribution >= 4 is 40.8 Å². The summed E-state index contributed by atoms with van der Waals surface area (Å²) in [6.45, 7) is 0. The van der Waals surface area contributed by atoms with Gasteiger partial charge < -0.3 is 10.4 Å². The van der Waals surface area contributed by atoms with E-state index in [4.69, 9.17) is 23.2 Å². The lowest BCUT2D eigenvalue weighted by atomic mass is 10.1. The Labute approximate surface area is 165 Å². The van der Waals surface area contributed by atoms with Gasteiger partial charge in [0.25, 0.3) is 5.91 Å². The van der Waals surface area contributed by atoms with E-state index < -0.39 is 11.9 Å². The maximum absolute atomic E-state index is 12.5. The minimum Gasteiger partial charge on any atom is -0.478 e. The number of benzene rings is 2. The predicted octanol–water partition coefficient (Wildman–Crippen LogP) is 4.93. The van der Waals surface area contributed by atoms with Crippen molar-refractivity contribution in [2.24, 2.45) is 0 Å². The third kappa shape index (κ3) is 4.64. The van der Waals surface area contributed by atoms with Crippen LogP contribution < -0.4 is 5.32 Å². The van der Waals surface area contributed by atoms with Gasteiger partial charge in [0.15, 0.2) is 0 Å². The van der Waals surface area contributed by atoms with E-state index in [1.807, 2.05) is 24.3 Å². The SMILES string of the molecule is O=C(O)c1cc(Cl)c(Cl)cc1C(=O)Nc1ccc(Cc2ccncc2)cc1. The van der Waals surface area contributed by atoms with Gasteiger partial charge in [-0.15, -0.1) is 0 Å². The van der Waals surface area contributed by atoms with Crippen molar-refractivity contribution in [2.45, 2.75) is 6.42 Å². The smallest absolute Gasteiger partial charge is 0.336 e. The molecule has 0 radical (unpaired) electrons. The molecule has 3 rings (SSSR count). The quantitative estimate of drug-likeness (QED) is 0.636. The fourth-order valence-corrected chi connectivity index (χ4v) is 2.88. The lowest BCUT2D eigenvalue weighted by Crippen LogP contribution is -2.16. The van der Waals surface area contributed by atoms with Crippen LogP contribution in [0.25, 0.3) is 0 Å². The highest BCUT2D eigenvalue weighted by atomic mass is 35.5. The summed E-state index contributed by atoms with van der Waals surface area (Å²) in [6, 6.07) is 13.6. The second-order valence-electron chi connectivity index (χ2n) is 5.80. The molecule has 0 aliphatic rings. The maximum atomic E-state index is 12.5. The molecule has 3 aromatic rings. The van der Waals surface area contributed by atoms with Crippen LogP contribution in [0.15, 0.2) is 60.9 Å². The average molecular weight is 401 g/mol. The van der Waals surface area contributed by atoms with Gasteiger partial charge in [0.2, 0.25) is 0 Å². The summed E-state index contributed by atoms with van der Waals surface area (Å²) in [5.74, 6) is -1.83. The van der Waals surface area contributed by atoms with Gasteiger partial charge in [-0.05, 0) is 53.9 Å². The number of anilines is 1. The number of carboxylic acids is 1. The molecule has 0 unspecified atom stereocenters. The zero-order valence-electron chi connectivity index (χ0n) is 13.9. The Balaban J connectivity index is 1.77. The number of carbonyl (C=O) groups is 2. The molecule has 2 aromatic carbocycles. The normalized spacial score (nSPS) is 10.4. The van der Waals surface area contributed by atoms with E-state index in [1.54, 1.807) is 24.5 Å². The van der Waals surface area contributed by atoms with Crippen LogP contribution in [0.3, 0.4) is 0 Å². The molecule has 27 heavy (non-hydrogen) atoms. The van der Waals surface area contributed by atoms with Crippen LogP contribution in [0.1, 0.15) is 31.8 Å². The van der Waals surface area contributed by atoms with Gasteiger partial charge in [-0.1, -0.05) is 35.3 Å². The van der Waals surface area contributed by atoms with Crippen molar-refractivity contribution in [1.82, 2.24) is 4.98 Å². The molecule has 1 aromatic heterocycles. The van der Waals surface area contributed by atoms with Crippen molar-refractivity contribution in [3.8, 4) is 0 Å². The maximum Gasteiger partial charge on any atom is 0.336 e. The van der Waals surface area contributed by atoms with Crippen LogP contribution in [-0.2, 0) is 6.42 Å². The van der Waals surface area contributed by atoms with Crippen molar-refractivity contribution < 1.29 is 14.7 Å². The Morgan fingerprint density at radius 3 is 2.04 bits per heavy atom. The van der Waals surface area contributed by atoms with Gasteiger partial charge in [-0.25, -0.2) is 4.79 Å². The zero-order valence-corrected chi connectivity index (χ0v) is 15.5. The number of amides is 1. The molecule has 5 nitrogen and oxygen atoms in total. The molecule has 0 bridgehead atoms. The van der Waals surface area contributed by atoms with Crippen LogP contribution in [0.2, 0.25) is 10.0 Å². The summed E-state index contributed by atoms with van der Waals surface area (Å²) in [7, 11) is 0. The van der Waals surface area contributed by atoms with Crippen molar-refractivity contribution in [3.05, 3.63) is 93.2 Å². The Morgan fingerprint density at radius 1 is 0.889 bits per heavy atom. The minimum atomic E-state index is -1.26. The molecule has 0 spiro atoms. The Bertz CT molecular complexity index is 990. The summed E-state index contributed by atoms with van der Waals surface area (Å²) < 4.78 is 0. The molecule has 0 saturated carbocycles. The zero-order chi connectivity index (χ0) is 19.4. The average Bonchev–Trinajstić information content (AvgIpc) is 2.66. The molecule has 1 heterocycles. The van der Waals surface area contributed by atoms with E-state index in [0.717, 1.165) is 17.5 Å². The van der Waals surface area contributed by atoms with E-state index in [1.165, 1.54) is 12.1 Å². The topological polar surface area (TPSA) is 79.3 Å². The van der Waals surface area contributed by atoms with Gasteiger partial charge in [-0.3, -0.25) is 9.78 Å². The van der Waals surface area contributed by atoms with E-state index in [9.17, 15) is 14.7 Å². The number of aromatic carboxylic acids is 1. The van der Waals surface area contributed by atoms with E-state index in [2.05, 4.69) is 10.3 Å². The molecule has 1 amide bonds. The number of hydrogen-bond acceptors (Lipinski definition) is 3. The van der Waals surface area contributed by atoms with Crippen molar-refractivity contribution in [1.29, 1.82) is 0 Å². The number of rotatable bonds is 5. The highest BCUT2D eigenvalue weighted by Crippen LogP contribution is 2.27. The lowest BCUT2D eigenvalue weighted by Gasteiger charge is -2.10. The summed E-state index contributed by atoms with van der Waals surface area (Å²) in [5.41, 5.74) is 2.47. The summed E-state index contributed by atoms with van der Waals surface area (Å²) in [6.07, 6.45) is 4.22. The molecular formula is C20H14Cl2N2O3. The van der Waals surface area contributed by atoms with Crippen LogP contribution in [-0.4, -0.2) is 22.0 Å². The van der Waals surface area contributed by atoms with E-state index in [-0.39, 0.29) is 21.2 Å². The van der Waals surface area contributed by atoms with Crippen LogP contribution >= 0.6 is 23.2 Å². The summed E-state index contributed by atoms with van der Waals surface area (Å²) in [4.78, 5) is 27.9. The molecular weight excluding hydrogens is 387 g/mol. The summed E-state index contributed by atoms with van der Waals surface area (Å²) in [5, 5.41) is 12.1. The fourth-order valence-electron chi connectivity index (χ4n) is 2.55. The molecule has 0 fully saturated rings. The van der Waals surface area contributed by atoms with Crippen LogP contribution in [0.4, 0.5) is 5.69 Å². The largest absolute Gasteiger partial charge is 0.478 e. The van der Waals surface area contributed by atoms with Crippen molar-refractivity contribution in [3.63, 3.8) is 0 Å². The highest BCUT2D eigenvalue weighted by Gasteiger charge is 2.19. The first-order valence-electron chi connectivity index (χ1n) is 7.95. The third-order valence-electron chi connectivity index (χ3n) is 3.90. The Kier molecular flexibility index (Phi) is 5.74. The van der Waals surface area contributed by atoms with Gasteiger partial charge in [0.05, 0.1) is 21.2 Å². The summed E-state index contributed by atoms with van der Waals surface area (Å²) >= 11 is 11.8. The molecule has 0 aliphatic heterocycles. The molecule has 2 N–H and O–H groups in total. The second kappa shape index (κ2) is 8.20. The molecule has 0 saturated heterocycles. The first kappa shape index (κ1) is 18.9. The van der Waals surface area contributed by atoms with E-state index in [0.29, 0.717) is 5.69 Å². The van der Waals surface area contributed by atoms with Gasteiger partial charge in [0, 0.05) is 18.1 Å². The number of aromatic nitrogens is 1. The number of carbonyl (C=O) groups excluding carboxylic acids is 1. The number of hydrogen-bond donors (Lipinski definition) is 2. The third-order valence-corrected chi connectivity index (χ3v) is 4.63. The first-order valence-corrected chi connectivity index (χ1v) is 8.71. The number of nitrogens with one attached hydrogen (secondary N) is 1. The van der Waals surface area contributed by atoms with Gasteiger partial charge >= 0.3 is 5.97 Å². The minimum absolute atomic E-state index is 0.0576. The van der Waals surface area contributed by atoms with Gasteiger partial charge in [0.1, 0.15) is 0 Å². The Morgan fingerprint density at radius 2 is 1.44 bits per heavy atom. The highest BCUT2D eigenvalue weighted by molar-refractivity contribution is 6.42. The number of halogens is 2. The number of nitrogens with zero attached hydrogens (tertiary/aromatic N) is 1. The molecule has 7 heteroatoms. The molecule has 0 aliphatic carbocycles. The van der Waals surface area contributed by atoms with Crippen LogP contribution in [0, 0.1) is 0 Å². The predicted molar refractivity (Wildman–Crippen MR) is 105 cm³/mol.